The number of carbonyl (C=O) groups is 2. The second-order valence-corrected chi connectivity index (χ2v) is 6.40. The quantitative estimate of drug-likeness (QED) is 0.666. The van der Waals surface area contributed by atoms with Crippen LogP contribution in [-0.2, 0) is 16.6 Å². The zero-order valence-corrected chi connectivity index (χ0v) is 16.0. The van der Waals surface area contributed by atoms with Gasteiger partial charge in [-0.25, -0.2) is 0 Å². The molecule has 2 aromatic carbocycles. The van der Waals surface area contributed by atoms with Gasteiger partial charge in [-0.1, -0.05) is 30.3 Å². The van der Waals surface area contributed by atoms with Gasteiger partial charge in [0.1, 0.15) is 17.7 Å². The highest BCUT2D eigenvalue weighted by molar-refractivity contribution is 6.43. The highest BCUT2D eigenvalue weighted by Crippen LogP contribution is 2.26. The highest BCUT2D eigenvalue weighted by Gasteiger charge is 2.17. The summed E-state index contributed by atoms with van der Waals surface area (Å²) in [5.41, 5.74) is 2.41. The second kappa shape index (κ2) is 8.39. The van der Waals surface area contributed by atoms with E-state index < -0.39 is 11.8 Å². The Morgan fingerprint density at radius 3 is 2.39 bits per heavy atom. The smallest absolute Gasteiger partial charge is 0.315 e. The van der Waals surface area contributed by atoms with E-state index >= 15 is 0 Å². The van der Waals surface area contributed by atoms with Crippen LogP contribution in [0.1, 0.15) is 24.2 Å². The minimum absolute atomic E-state index is 0.106. The monoisotopic (exact) mass is 378 g/mol. The summed E-state index contributed by atoms with van der Waals surface area (Å²) in [5, 5.41) is 9.07. The molecule has 7 nitrogen and oxygen atoms in total. The van der Waals surface area contributed by atoms with E-state index in [2.05, 4.69) is 15.7 Å². The number of hydrogen-bond acceptors (Lipinski definition) is 4. The van der Waals surface area contributed by atoms with Crippen molar-refractivity contribution >= 4 is 23.3 Å². The molecule has 0 aliphatic heterocycles. The lowest BCUT2D eigenvalue weighted by atomic mass is 10.1. The zero-order chi connectivity index (χ0) is 20.1. The Morgan fingerprint density at radius 1 is 1.04 bits per heavy atom. The number of nitrogens with zero attached hydrogens (tertiary/aromatic N) is 2. The van der Waals surface area contributed by atoms with Crippen molar-refractivity contribution in [2.75, 3.05) is 10.6 Å². The Labute approximate surface area is 163 Å². The number of anilines is 2. The molecule has 1 atom stereocenters. The van der Waals surface area contributed by atoms with Gasteiger partial charge in [-0.2, -0.15) is 5.10 Å². The van der Waals surface area contributed by atoms with Gasteiger partial charge in [-0.3, -0.25) is 14.3 Å². The maximum absolute atomic E-state index is 12.2. The van der Waals surface area contributed by atoms with Crippen LogP contribution in [0.15, 0.2) is 60.8 Å². The molecular weight excluding hydrogens is 356 g/mol. The van der Waals surface area contributed by atoms with Gasteiger partial charge in [0.05, 0.1) is 6.20 Å². The van der Waals surface area contributed by atoms with Gasteiger partial charge >= 0.3 is 11.8 Å². The van der Waals surface area contributed by atoms with Gasteiger partial charge in [0.2, 0.25) is 0 Å². The molecule has 1 unspecified atom stereocenters. The topological polar surface area (TPSA) is 85.2 Å². The van der Waals surface area contributed by atoms with E-state index in [9.17, 15) is 9.59 Å². The third kappa shape index (κ3) is 4.56. The van der Waals surface area contributed by atoms with Gasteiger partial charge in [-0.15, -0.1) is 0 Å². The maximum Gasteiger partial charge on any atom is 0.315 e. The molecule has 2 N–H and O–H groups in total. The average Bonchev–Trinajstić information content (AvgIpc) is 3.09. The fourth-order valence-electron chi connectivity index (χ4n) is 2.69. The van der Waals surface area contributed by atoms with Crippen LogP contribution in [0.3, 0.4) is 0 Å². The van der Waals surface area contributed by atoms with E-state index in [4.69, 9.17) is 4.74 Å². The van der Waals surface area contributed by atoms with Crippen LogP contribution in [0.2, 0.25) is 0 Å². The Balaban J connectivity index is 1.63. The molecule has 144 valence electrons. The number of amides is 2. The lowest BCUT2D eigenvalue weighted by Crippen LogP contribution is -2.30. The van der Waals surface area contributed by atoms with Gasteiger partial charge < -0.3 is 15.4 Å². The standard InChI is InChI=1S/C21H22N4O3/c1-14-13-17(28-15(2)16-7-5-4-6-8-16)9-10-18(14)23-20(26)21(27)24-19-11-12-22-25(19)3/h4-13,15H,1-3H3,(H,23,26)(H,24,27). The van der Waals surface area contributed by atoms with E-state index in [1.165, 1.54) is 10.9 Å². The number of hydrogen-bond donors (Lipinski definition) is 2. The fraction of sp³-hybridized carbons (Fsp3) is 0.190. The fourth-order valence-corrected chi connectivity index (χ4v) is 2.69. The van der Waals surface area contributed by atoms with E-state index in [0.29, 0.717) is 17.3 Å². The molecule has 28 heavy (non-hydrogen) atoms. The lowest BCUT2D eigenvalue weighted by molar-refractivity contribution is -0.133. The number of aromatic nitrogens is 2. The minimum atomic E-state index is -0.763. The molecule has 2 amide bonds. The molecule has 0 bridgehead atoms. The Bertz CT molecular complexity index is 982. The molecule has 0 aliphatic carbocycles. The number of aryl methyl sites for hydroxylation is 2. The first-order valence-electron chi connectivity index (χ1n) is 8.86. The highest BCUT2D eigenvalue weighted by atomic mass is 16.5. The molecule has 1 heterocycles. The molecular formula is C21H22N4O3. The number of carbonyl (C=O) groups excluding carboxylic acids is 2. The zero-order valence-electron chi connectivity index (χ0n) is 16.0. The van der Waals surface area contributed by atoms with Crippen molar-refractivity contribution in [2.24, 2.45) is 7.05 Å². The van der Waals surface area contributed by atoms with Crippen LogP contribution >= 0.6 is 0 Å². The van der Waals surface area contributed by atoms with Gasteiger partial charge in [0.25, 0.3) is 0 Å². The summed E-state index contributed by atoms with van der Waals surface area (Å²) in [7, 11) is 1.67. The number of nitrogens with one attached hydrogen (secondary N) is 2. The Kier molecular flexibility index (Phi) is 5.74. The predicted molar refractivity (Wildman–Crippen MR) is 107 cm³/mol. The molecule has 0 aliphatic rings. The maximum atomic E-state index is 12.2. The van der Waals surface area contributed by atoms with E-state index in [-0.39, 0.29) is 6.10 Å². The Morgan fingerprint density at radius 2 is 1.75 bits per heavy atom. The molecule has 3 aromatic rings. The van der Waals surface area contributed by atoms with Crippen LogP contribution in [-0.4, -0.2) is 21.6 Å². The van der Waals surface area contributed by atoms with Crippen LogP contribution < -0.4 is 15.4 Å². The van der Waals surface area contributed by atoms with Crippen LogP contribution in [0, 0.1) is 6.92 Å². The van der Waals surface area contributed by atoms with Gasteiger partial charge in [0, 0.05) is 18.8 Å². The molecule has 7 heteroatoms. The molecule has 3 rings (SSSR count). The third-order valence-electron chi connectivity index (χ3n) is 4.30. The first-order valence-corrected chi connectivity index (χ1v) is 8.86. The molecule has 0 spiro atoms. The van der Waals surface area contributed by atoms with Crippen LogP contribution in [0.5, 0.6) is 5.75 Å². The lowest BCUT2D eigenvalue weighted by Gasteiger charge is -2.16. The summed E-state index contributed by atoms with van der Waals surface area (Å²) in [6, 6.07) is 16.8. The minimum Gasteiger partial charge on any atom is -0.486 e. The van der Waals surface area contributed by atoms with Crippen molar-refractivity contribution in [1.29, 1.82) is 0 Å². The first-order chi connectivity index (χ1) is 13.4. The molecule has 0 fully saturated rings. The molecule has 0 radical (unpaired) electrons. The summed E-state index contributed by atoms with van der Waals surface area (Å²) >= 11 is 0. The predicted octanol–water partition coefficient (Wildman–Crippen LogP) is 3.45. The SMILES string of the molecule is Cc1cc(OC(C)c2ccccc2)ccc1NC(=O)C(=O)Nc1ccnn1C. The molecule has 0 saturated heterocycles. The van der Waals surface area contributed by atoms with Crippen molar-refractivity contribution in [2.45, 2.75) is 20.0 Å². The summed E-state index contributed by atoms with van der Waals surface area (Å²) in [6.45, 7) is 3.82. The van der Waals surface area contributed by atoms with Gasteiger partial charge in [-0.05, 0) is 43.2 Å². The van der Waals surface area contributed by atoms with E-state index in [1.54, 1.807) is 25.2 Å². The normalized spacial score (nSPS) is 11.5. The van der Waals surface area contributed by atoms with Crippen molar-refractivity contribution in [3.05, 3.63) is 71.9 Å². The number of benzene rings is 2. The van der Waals surface area contributed by atoms with E-state index in [0.717, 1.165) is 11.1 Å². The number of ether oxygens (including phenoxy) is 1. The van der Waals surface area contributed by atoms with Crippen molar-refractivity contribution in [3.63, 3.8) is 0 Å². The van der Waals surface area contributed by atoms with Crippen LogP contribution in [0.4, 0.5) is 11.5 Å². The average molecular weight is 378 g/mol. The van der Waals surface area contributed by atoms with E-state index in [1.807, 2.05) is 50.2 Å². The second-order valence-electron chi connectivity index (χ2n) is 6.40. The largest absolute Gasteiger partial charge is 0.486 e. The Hall–Kier alpha value is -3.61. The summed E-state index contributed by atoms with van der Waals surface area (Å²) in [4.78, 5) is 24.2. The third-order valence-corrected chi connectivity index (χ3v) is 4.30. The number of rotatable bonds is 5. The first kappa shape index (κ1) is 19.2. The summed E-state index contributed by atoms with van der Waals surface area (Å²) in [6.07, 6.45) is 1.43. The summed E-state index contributed by atoms with van der Waals surface area (Å²) < 4.78 is 7.44. The van der Waals surface area contributed by atoms with Gasteiger partial charge in [0.15, 0.2) is 0 Å². The van der Waals surface area contributed by atoms with Crippen molar-refractivity contribution in [1.82, 2.24) is 9.78 Å². The van der Waals surface area contributed by atoms with Crippen molar-refractivity contribution in [3.8, 4) is 5.75 Å². The summed E-state index contributed by atoms with van der Waals surface area (Å²) in [5.74, 6) is -0.390. The van der Waals surface area contributed by atoms with Crippen molar-refractivity contribution < 1.29 is 14.3 Å². The molecule has 1 aromatic heterocycles. The molecule has 0 saturated carbocycles. The van der Waals surface area contributed by atoms with Crippen LogP contribution in [0.25, 0.3) is 0 Å².